The number of nitrogens with two attached hydrogens (primary N) is 1. The zero-order chi connectivity index (χ0) is 13.2. The van der Waals surface area contributed by atoms with Crippen molar-refractivity contribution in [1.82, 2.24) is 4.57 Å². The number of nitrogens with zero attached hydrogens (tertiary/aromatic N) is 1. The Labute approximate surface area is 115 Å². The van der Waals surface area contributed by atoms with Crippen LogP contribution in [0.25, 0.3) is 0 Å². The Kier molecular flexibility index (Phi) is 3.43. The Hall–Kier alpha value is -1.54. The van der Waals surface area contributed by atoms with Crippen molar-refractivity contribution in [2.45, 2.75) is 45.2 Å². The maximum absolute atomic E-state index is 5.84. The number of fused-ring (bicyclic) bond motifs is 1. The van der Waals surface area contributed by atoms with Gasteiger partial charge in [0.25, 0.3) is 0 Å². The lowest BCUT2D eigenvalue weighted by Gasteiger charge is -2.06. The Bertz CT molecular complexity index is 566. The Morgan fingerprint density at radius 3 is 2.84 bits per heavy atom. The topological polar surface area (TPSA) is 30.9 Å². The molecule has 0 aliphatic heterocycles. The molecule has 1 aromatic carbocycles. The Morgan fingerprint density at radius 1 is 1.16 bits per heavy atom. The average Bonchev–Trinajstić information content (AvgIpc) is 2.97. The molecule has 1 unspecified atom stereocenters. The highest BCUT2D eigenvalue weighted by Crippen LogP contribution is 2.23. The van der Waals surface area contributed by atoms with Gasteiger partial charge in [0.05, 0.1) is 0 Å². The second-order valence-electron chi connectivity index (χ2n) is 5.83. The summed E-state index contributed by atoms with van der Waals surface area (Å²) in [6, 6.07) is 9.37. The summed E-state index contributed by atoms with van der Waals surface area (Å²) >= 11 is 0. The third-order valence-electron chi connectivity index (χ3n) is 3.90. The van der Waals surface area contributed by atoms with E-state index >= 15 is 0 Å². The summed E-state index contributed by atoms with van der Waals surface area (Å²) in [6.45, 7) is 3.02. The maximum atomic E-state index is 5.84. The molecular weight excluding hydrogens is 232 g/mol. The fourth-order valence-corrected chi connectivity index (χ4v) is 3.02. The molecule has 0 spiro atoms. The van der Waals surface area contributed by atoms with Crippen LogP contribution in [0.5, 0.6) is 0 Å². The van der Waals surface area contributed by atoms with Gasteiger partial charge in [-0.2, -0.15) is 0 Å². The highest BCUT2D eigenvalue weighted by atomic mass is 14.9. The van der Waals surface area contributed by atoms with Crippen LogP contribution in [-0.2, 0) is 25.8 Å². The maximum Gasteiger partial charge on any atom is 0.0470 e. The van der Waals surface area contributed by atoms with Crippen LogP contribution in [-0.4, -0.2) is 10.6 Å². The molecule has 2 N–H and O–H groups in total. The van der Waals surface area contributed by atoms with Crippen LogP contribution in [0.3, 0.4) is 0 Å². The first-order valence-corrected chi connectivity index (χ1v) is 7.21. The van der Waals surface area contributed by atoms with Gasteiger partial charge in [-0.15, -0.1) is 0 Å². The zero-order valence-corrected chi connectivity index (χ0v) is 11.6. The number of aryl methyl sites for hydroxylation is 2. The van der Waals surface area contributed by atoms with Gasteiger partial charge in [-0.3, -0.25) is 0 Å². The van der Waals surface area contributed by atoms with E-state index in [1.807, 2.05) is 0 Å². The predicted octanol–water partition coefficient (Wildman–Crippen LogP) is 2.91. The number of benzene rings is 1. The molecule has 1 aromatic heterocycles. The molecule has 2 aromatic rings. The van der Waals surface area contributed by atoms with Crippen molar-refractivity contribution in [2.24, 2.45) is 5.73 Å². The van der Waals surface area contributed by atoms with E-state index < -0.39 is 0 Å². The third kappa shape index (κ3) is 2.90. The monoisotopic (exact) mass is 254 g/mol. The van der Waals surface area contributed by atoms with Crippen LogP contribution in [0.4, 0.5) is 0 Å². The minimum absolute atomic E-state index is 0.232. The normalized spacial score (nSPS) is 15.5. The summed E-state index contributed by atoms with van der Waals surface area (Å²) in [5.74, 6) is 0. The molecule has 19 heavy (non-hydrogen) atoms. The number of hydrogen-bond donors (Lipinski definition) is 1. The molecule has 1 atom stereocenters. The lowest BCUT2D eigenvalue weighted by atomic mass is 10.1. The third-order valence-corrected chi connectivity index (χ3v) is 3.90. The predicted molar refractivity (Wildman–Crippen MR) is 79.4 cm³/mol. The minimum Gasteiger partial charge on any atom is -0.350 e. The molecule has 100 valence electrons. The van der Waals surface area contributed by atoms with Gasteiger partial charge in [0, 0.05) is 25.0 Å². The zero-order valence-electron chi connectivity index (χ0n) is 11.6. The first-order chi connectivity index (χ1) is 9.20. The van der Waals surface area contributed by atoms with E-state index in [1.54, 1.807) is 11.1 Å². The summed E-state index contributed by atoms with van der Waals surface area (Å²) < 4.78 is 2.26. The molecule has 1 aliphatic carbocycles. The van der Waals surface area contributed by atoms with Gasteiger partial charge in [-0.05, 0) is 60.9 Å². The summed E-state index contributed by atoms with van der Waals surface area (Å²) in [7, 11) is 0. The number of rotatable bonds is 4. The Morgan fingerprint density at radius 2 is 2.00 bits per heavy atom. The smallest absolute Gasteiger partial charge is 0.0470 e. The van der Waals surface area contributed by atoms with Crippen LogP contribution < -0.4 is 5.73 Å². The van der Waals surface area contributed by atoms with Crippen molar-refractivity contribution in [3.63, 3.8) is 0 Å². The van der Waals surface area contributed by atoms with Crippen molar-refractivity contribution in [2.75, 3.05) is 0 Å². The van der Waals surface area contributed by atoms with Crippen molar-refractivity contribution < 1.29 is 0 Å². The van der Waals surface area contributed by atoms with Crippen LogP contribution in [0.1, 0.15) is 35.6 Å². The van der Waals surface area contributed by atoms with E-state index in [1.165, 1.54) is 30.4 Å². The minimum atomic E-state index is 0.232. The SMILES string of the molecule is CC(N)Cc1ccn(Cc2ccc3c(c2)CCC3)c1. The molecule has 2 nitrogen and oxygen atoms in total. The van der Waals surface area contributed by atoms with E-state index in [0.717, 1.165) is 13.0 Å². The number of aromatic nitrogens is 1. The van der Waals surface area contributed by atoms with Crippen molar-refractivity contribution in [3.05, 3.63) is 58.9 Å². The van der Waals surface area contributed by atoms with Gasteiger partial charge >= 0.3 is 0 Å². The lowest BCUT2D eigenvalue weighted by molar-refractivity contribution is 0.731. The first-order valence-electron chi connectivity index (χ1n) is 7.21. The van der Waals surface area contributed by atoms with E-state index in [4.69, 9.17) is 5.73 Å². The highest BCUT2D eigenvalue weighted by Gasteiger charge is 2.10. The Balaban J connectivity index is 1.72. The number of hydrogen-bond acceptors (Lipinski definition) is 1. The van der Waals surface area contributed by atoms with E-state index in [2.05, 4.69) is 48.1 Å². The second-order valence-corrected chi connectivity index (χ2v) is 5.83. The fraction of sp³-hybridized carbons (Fsp3) is 0.412. The lowest BCUT2D eigenvalue weighted by Crippen LogP contribution is -2.17. The molecule has 1 aliphatic rings. The van der Waals surface area contributed by atoms with Crippen molar-refractivity contribution in [3.8, 4) is 0 Å². The van der Waals surface area contributed by atoms with Gasteiger partial charge in [0.1, 0.15) is 0 Å². The van der Waals surface area contributed by atoms with Gasteiger partial charge in [-0.1, -0.05) is 18.2 Å². The van der Waals surface area contributed by atoms with Gasteiger partial charge in [-0.25, -0.2) is 0 Å². The molecule has 1 heterocycles. The van der Waals surface area contributed by atoms with Gasteiger partial charge in [0.15, 0.2) is 0 Å². The molecule has 3 rings (SSSR count). The standard InChI is InChI=1S/C17H22N2/c1-13(18)9-15-7-8-19(12-15)11-14-5-6-16-3-2-4-17(16)10-14/h5-8,10,12-13H,2-4,9,11,18H2,1H3. The molecule has 0 fully saturated rings. The van der Waals surface area contributed by atoms with Gasteiger partial charge < -0.3 is 10.3 Å². The summed E-state index contributed by atoms with van der Waals surface area (Å²) in [5.41, 5.74) is 11.7. The van der Waals surface area contributed by atoms with Crippen molar-refractivity contribution in [1.29, 1.82) is 0 Å². The van der Waals surface area contributed by atoms with Crippen LogP contribution >= 0.6 is 0 Å². The fourth-order valence-electron chi connectivity index (χ4n) is 3.02. The van der Waals surface area contributed by atoms with Crippen LogP contribution in [0.15, 0.2) is 36.7 Å². The van der Waals surface area contributed by atoms with Crippen LogP contribution in [0, 0.1) is 0 Å². The van der Waals surface area contributed by atoms with E-state index in [0.29, 0.717) is 0 Å². The molecule has 0 radical (unpaired) electrons. The molecule has 0 saturated carbocycles. The average molecular weight is 254 g/mol. The largest absolute Gasteiger partial charge is 0.350 e. The molecule has 2 heteroatoms. The summed E-state index contributed by atoms with van der Waals surface area (Å²) in [5, 5.41) is 0. The van der Waals surface area contributed by atoms with Gasteiger partial charge in [0.2, 0.25) is 0 Å². The van der Waals surface area contributed by atoms with E-state index in [9.17, 15) is 0 Å². The molecule has 0 amide bonds. The molecular formula is C17H22N2. The highest BCUT2D eigenvalue weighted by molar-refractivity contribution is 5.35. The van der Waals surface area contributed by atoms with Crippen molar-refractivity contribution >= 4 is 0 Å². The first kappa shape index (κ1) is 12.5. The van der Waals surface area contributed by atoms with Crippen LogP contribution in [0.2, 0.25) is 0 Å². The summed E-state index contributed by atoms with van der Waals surface area (Å²) in [4.78, 5) is 0. The van der Waals surface area contributed by atoms with E-state index in [-0.39, 0.29) is 6.04 Å². The second kappa shape index (κ2) is 5.22. The molecule has 0 saturated heterocycles. The molecule has 0 bridgehead atoms. The summed E-state index contributed by atoms with van der Waals surface area (Å²) in [6.07, 6.45) is 9.17. The quantitative estimate of drug-likeness (QED) is 0.893.